The number of carbonyl (C=O) groups is 3. The zero-order valence-electron chi connectivity index (χ0n) is 15.4. The lowest BCUT2D eigenvalue weighted by Crippen LogP contribution is -2.39. The monoisotopic (exact) mass is 344 g/mol. The first-order chi connectivity index (χ1) is 11.9. The number of rotatable bonds is 6. The Morgan fingerprint density at radius 2 is 1.84 bits per heavy atom. The molecule has 136 valence electrons. The molecule has 0 saturated heterocycles. The number of hydrogen-bond acceptors (Lipinski definition) is 4. The Balaban J connectivity index is 1.52. The van der Waals surface area contributed by atoms with Crippen LogP contribution in [0.5, 0.6) is 0 Å². The van der Waals surface area contributed by atoms with Gasteiger partial charge in [0.05, 0.1) is 5.92 Å². The first-order valence-electron chi connectivity index (χ1n) is 9.90. The summed E-state index contributed by atoms with van der Waals surface area (Å²) in [6, 6.07) is 0. The van der Waals surface area contributed by atoms with E-state index in [2.05, 4.69) is 6.92 Å². The van der Waals surface area contributed by atoms with Gasteiger partial charge >= 0.3 is 5.97 Å². The summed E-state index contributed by atoms with van der Waals surface area (Å²) in [4.78, 5) is 38.1. The molecule has 4 aliphatic carbocycles. The molecule has 3 fully saturated rings. The Hall–Kier alpha value is -1.45. The molecule has 8 atom stereocenters. The van der Waals surface area contributed by atoms with Crippen molar-refractivity contribution in [2.75, 3.05) is 0 Å². The van der Waals surface area contributed by atoms with E-state index in [1.165, 1.54) is 0 Å². The van der Waals surface area contributed by atoms with Crippen molar-refractivity contribution in [3.05, 3.63) is 12.2 Å². The quantitative estimate of drug-likeness (QED) is 0.421. The third kappa shape index (κ3) is 2.29. The predicted octanol–water partition coefficient (Wildman–Crippen LogP) is 3.34. The van der Waals surface area contributed by atoms with E-state index in [9.17, 15) is 14.4 Å². The van der Waals surface area contributed by atoms with Crippen molar-refractivity contribution in [2.45, 2.75) is 58.5 Å². The number of fused-ring (bicyclic) bond motifs is 9. The van der Waals surface area contributed by atoms with Crippen molar-refractivity contribution in [2.24, 2.45) is 41.4 Å². The van der Waals surface area contributed by atoms with Gasteiger partial charge in [-0.15, -0.1) is 0 Å². The molecule has 0 aromatic carbocycles. The van der Waals surface area contributed by atoms with Crippen LogP contribution < -0.4 is 0 Å². The fourth-order valence-electron chi connectivity index (χ4n) is 5.95. The Morgan fingerprint density at radius 3 is 2.48 bits per heavy atom. The van der Waals surface area contributed by atoms with Gasteiger partial charge in [0.25, 0.3) is 0 Å². The van der Waals surface area contributed by atoms with Gasteiger partial charge in [-0.1, -0.05) is 32.4 Å². The van der Waals surface area contributed by atoms with Crippen LogP contribution in [-0.4, -0.2) is 23.1 Å². The Kier molecular flexibility index (Phi) is 3.93. The standard InChI is InChI=1S/C21H28O4/c1-4-6-9-21(3,5-2)25-20(24)14-10-13-15-11-7-8-12(18(11)22)16(15)17(14)19(13)23/h7-8,11-17H,4-6,9-10H2,1-3H3. The van der Waals surface area contributed by atoms with E-state index in [1.54, 1.807) is 0 Å². The third-order valence-electron chi connectivity index (χ3n) is 7.43. The SMILES string of the molecule is CCCCC(C)(CC)OC(=O)C1CC2C(=O)C1C1C3C=CC(C3=O)C21. The number of carbonyl (C=O) groups excluding carboxylic acids is 3. The van der Waals surface area contributed by atoms with E-state index in [0.29, 0.717) is 6.42 Å². The second-order valence-corrected chi connectivity index (χ2v) is 8.70. The summed E-state index contributed by atoms with van der Waals surface area (Å²) >= 11 is 0. The predicted molar refractivity (Wildman–Crippen MR) is 92.5 cm³/mol. The number of esters is 1. The molecular weight excluding hydrogens is 316 g/mol. The highest BCUT2D eigenvalue weighted by Gasteiger charge is 2.69. The van der Waals surface area contributed by atoms with Crippen LogP contribution in [-0.2, 0) is 19.1 Å². The van der Waals surface area contributed by atoms with Gasteiger partial charge in [-0.25, -0.2) is 0 Å². The van der Waals surface area contributed by atoms with Gasteiger partial charge in [-0.05, 0) is 44.4 Å². The smallest absolute Gasteiger partial charge is 0.310 e. The van der Waals surface area contributed by atoms with Gasteiger partial charge in [0.2, 0.25) is 0 Å². The number of ketones is 2. The lowest BCUT2D eigenvalue weighted by Gasteiger charge is -2.35. The molecular formula is C21H28O4. The van der Waals surface area contributed by atoms with Gasteiger partial charge in [0.15, 0.2) is 0 Å². The molecule has 25 heavy (non-hydrogen) atoms. The summed E-state index contributed by atoms with van der Waals surface area (Å²) in [5, 5.41) is 0. The van der Waals surface area contributed by atoms with Crippen molar-refractivity contribution in [1.29, 1.82) is 0 Å². The van der Waals surface area contributed by atoms with Crippen molar-refractivity contribution in [3.63, 3.8) is 0 Å². The van der Waals surface area contributed by atoms with Gasteiger partial charge in [-0.3, -0.25) is 14.4 Å². The molecule has 0 amide bonds. The number of Topliss-reactive ketones (excluding diaryl/α,β-unsaturated/α-hetero) is 2. The van der Waals surface area contributed by atoms with Crippen molar-refractivity contribution in [1.82, 2.24) is 0 Å². The lowest BCUT2D eigenvalue weighted by molar-refractivity contribution is -0.168. The molecule has 4 bridgehead atoms. The largest absolute Gasteiger partial charge is 0.459 e. The van der Waals surface area contributed by atoms with Gasteiger partial charge < -0.3 is 4.74 Å². The second kappa shape index (κ2) is 5.78. The maximum Gasteiger partial charge on any atom is 0.310 e. The van der Waals surface area contributed by atoms with Crippen LogP contribution >= 0.6 is 0 Å². The summed E-state index contributed by atoms with van der Waals surface area (Å²) in [5.41, 5.74) is -0.443. The molecule has 0 heterocycles. The fourth-order valence-corrected chi connectivity index (χ4v) is 5.95. The lowest BCUT2D eigenvalue weighted by atomic mass is 9.69. The highest BCUT2D eigenvalue weighted by atomic mass is 16.6. The number of hydrogen-bond donors (Lipinski definition) is 0. The molecule has 4 rings (SSSR count). The molecule has 0 aliphatic heterocycles. The first-order valence-corrected chi connectivity index (χ1v) is 9.90. The van der Waals surface area contributed by atoms with Crippen LogP contribution in [0, 0.1) is 41.4 Å². The molecule has 4 heteroatoms. The van der Waals surface area contributed by atoms with Gasteiger partial charge in [-0.2, -0.15) is 0 Å². The van der Waals surface area contributed by atoms with Crippen LogP contribution in [0.1, 0.15) is 52.9 Å². The summed E-state index contributed by atoms with van der Waals surface area (Å²) in [7, 11) is 0. The first kappa shape index (κ1) is 17.0. The average Bonchev–Trinajstić information content (AvgIpc) is 3.30. The summed E-state index contributed by atoms with van der Waals surface area (Å²) in [6.45, 7) is 6.18. The third-order valence-corrected chi connectivity index (χ3v) is 7.43. The Labute approximate surface area is 149 Å². The normalized spacial score (nSPS) is 42.8. The minimum absolute atomic E-state index is 0.0508. The molecule has 0 spiro atoms. The zero-order chi connectivity index (χ0) is 17.9. The molecule has 0 N–H and O–H groups in total. The van der Waals surface area contributed by atoms with Crippen LogP contribution in [0.25, 0.3) is 0 Å². The minimum atomic E-state index is -0.443. The number of allylic oxidation sites excluding steroid dienone is 2. The summed E-state index contributed by atoms with van der Waals surface area (Å²) < 4.78 is 5.94. The highest BCUT2D eigenvalue weighted by molar-refractivity contribution is 6.01. The topological polar surface area (TPSA) is 60.4 Å². The van der Waals surface area contributed by atoms with Crippen LogP contribution in [0.2, 0.25) is 0 Å². The maximum atomic E-state index is 12.9. The summed E-state index contributed by atoms with van der Waals surface area (Å²) in [6.07, 6.45) is 8.30. The van der Waals surface area contributed by atoms with Crippen molar-refractivity contribution >= 4 is 17.5 Å². The van der Waals surface area contributed by atoms with E-state index in [-0.39, 0.29) is 59.0 Å². The second-order valence-electron chi connectivity index (χ2n) is 8.70. The van der Waals surface area contributed by atoms with Crippen molar-refractivity contribution in [3.8, 4) is 0 Å². The Bertz CT molecular complexity index is 650. The maximum absolute atomic E-state index is 12.9. The van der Waals surface area contributed by atoms with Crippen LogP contribution in [0.4, 0.5) is 0 Å². The van der Waals surface area contributed by atoms with E-state index >= 15 is 0 Å². The fraction of sp³-hybridized carbons (Fsp3) is 0.762. The molecule has 4 aliphatic rings. The van der Waals surface area contributed by atoms with E-state index < -0.39 is 5.60 Å². The molecule has 0 aromatic heterocycles. The van der Waals surface area contributed by atoms with E-state index in [0.717, 1.165) is 25.7 Å². The number of unbranched alkanes of at least 4 members (excludes halogenated alkanes) is 1. The molecule has 0 radical (unpaired) electrons. The van der Waals surface area contributed by atoms with E-state index in [4.69, 9.17) is 4.74 Å². The summed E-state index contributed by atoms with van der Waals surface area (Å²) in [5.74, 6) is -0.470. The molecule has 8 unspecified atom stereocenters. The van der Waals surface area contributed by atoms with E-state index in [1.807, 2.05) is 26.0 Å². The van der Waals surface area contributed by atoms with Crippen molar-refractivity contribution < 1.29 is 19.1 Å². The average molecular weight is 344 g/mol. The minimum Gasteiger partial charge on any atom is -0.459 e. The Morgan fingerprint density at radius 1 is 1.16 bits per heavy atom. The highest BCUT2D eigenvalue weighted by Crippen LogP contribution is 2.64. The van der Waals surface area contributed by atoms with Crippen LogP contribution in [0.15, 0.2) is 12.2 Å². The zero-order valence-corrected chi connectivity index (χ0v) is 15.4. The molecule has 4 nitrogen and oxygen atoms in total. The molecule has 0 aromatic rings. The van der Waals surface area contributed by atoms with Crippen LogP contribution in [0.3, 0.4) is 0 Å². The molecule has 3 saturated carbocycles. The number of ether oxygens (including phenoxy) is 1. The van der Waals surface area contributed by atoms with Gasteiger partial charge in [0.1, 0.15) is 17.2 Å². The van der Waals surface area contributed by atoms with Gasteiger partial charge in [0, 0.05) is 23.7 Å².